The third-order valence-corrected chi connectivity index (χ3v) is 1.06. The zero-order valence-corrected chi connectivity index (χ0v) is 5.11. The second-order valence-electron chi connectivity index (χ2n) is 1.40. The minimum atomic E-state index is 0.133. The molecule has 0 aliphatic rings. The molecule has 0 fully saturated rings. The van der Waals surface area contributed by atoms with Crippen molar-refractivity contribution in [1.29, 1.82) is 5.26 Å². The lowest BCUT2D eigenvalue weighted by Crippen LogP contribution is -1.84. The van der Waals surface area contributed by atoms with Gasteiger partial charge in [0.15, 0.2) is 11.6 Å². The Balaban J connectivity index is 3.20. The van der Waals surface area contributed by atoms with Crippen molar-refractivity contribution in [1.82, 2.24) is 9.97 Å². The van der Waals surface area contributed by atoms with Crippen LogP contribution in [0.5, 0.6) is 0 Å². The molecule has 4 nitrogen and oxygen atoms in total. The first-order valence-corrected chi connectivity index (χ1v) is 2.53. The lowest BCUT2D eigenvalue weighted by atomic mass is 10.5. The van der Waals surface area contributed by atoms with E-state index in [-0.39, 0.29) is 16.8 Å². The normalized spacial score (nSPS) is 8.89. The number of nitrogen functional groups attached to an aromatic ring is 1. The number of aromatic amines is 1. The van der Waals surface area contributed by atoms with Crippen LogP contribution in [0.25, 0.3) is 0 Å². The molecule has 5 heteroatoms. The van der Waals surface area contributed by atoms with Gasteiger partial charge in [-0.3, -0.25) is 0 Å². The average Bonchev–Trinajstić information content (AvgIpc) is 2.10. The van der Waals surface area contributed by atoms with E-state index in [1.54, 1.807) is 6.07 Å². The fourth-order valence-corrected chi connectivity index (χ4v) is 0.625. The number of anilines is 1. The molecule has 0 bridgehead atoms. The van der Waals surface area contributed by atoms with Gasteiger partial charge in [0.25, 0.3) is 0 Å². The summed E-state index contributed by atoms with van der Waals surface area (Å²) < 4.78 is 0. The number of nitriles is 1. The second kappa shape index (κ2) is 1.96. The zero-order valence-electron chi connectivity index (χ0n) is 4.35. The van der Waals surface area contributed by atoms with Crippen molar-refractivity contribution in [2.45, 2.75) is 0 Å². The fraction of sp³-hybridized carbons (Fsp3) is 0. The summed E-state index contributed by atoms with van der Waals surface area (Å²) in [4.78, 5) is 6.03. The number of nitrogens with zero attached hydrogens (tertiary/aromatic N) is 2. The summed E-state index contributed by atoms with van der Waals surface area (Å²) >= 11 is 5.42. The summed E-state index contributed by atoms with van der Waals surface area (Å²) in [5, 5.41) is 8.45. The zero-order chi connectivity index (χ0) is 6.85. The van der Waals surface area contributed by atoms with Crippen LogP contribution >= 0.6 is 11.6 Å². The number of imidazole rings is 1. The summed E-state index contributed by atoms with van der Waals surface area (Å²) in [7, 11) is 0. The monoisotopic (exact) mass is 142 g/mol. The molecular formula is C4H3ClN4. The Kier molecular flexibility index (Phi) is 1.29. The van der Waals surface area contributed by atoms with E-state index in [4.69, 9.17) is 22.6 Å². The Morgan fingerprint density at radius 1 is 1.78 bits per heavy atom. The number of hydrogen-bond acceptors (Lipinski definition) is 3. The Morgan fingerprint density at radius 2 is 2.44 bits per heavy atom. The largest absolute Gasteiger partial charge is 0.369 e. The van der Waals surface area contributed by atoms with E-state index in [1.807, 2.05) is 0 Å². The van der Waals surface area contributed by atoms with Gasteiger partial charge in [-0.15, -0.1) is 0 Å². The van der Waals surface area contributed by atoms with Gasteiger partial charge in [0.1, 0.15) is 11.2 Å². The van der Waals surface area contributed by atoms with Gasteiger partial charge >= 0.3 is 0 Å². The quantitative estimate of drug-likeness (QED) is 0.554. The number of nitrogens with two attached hydrogens (primary N) is 1. The number of H-pyrrole nitrogens is 1. The van der Waals surface area contributed by atoms with Gasteiger partial charge in [0, 0.05) is 0 Å². The number of rotatable bonds is 0. The van der Waals surface area contributed by atoms with Crippen LogP contribution in [0.4, 0.5) is 5.95 Å². The van der Waals surface area contributed by atoms with Crippen LogP contribution in [0, 0.1) is 11.3 Å². The maximum absolute atomic E-state index is 8.26. The van der Waals surface area contributed by atoms with E-state index in [0.717, 1.165) is 0 Å². The summed E-state index contributed by atoms with van der Waals surface area (Å²) in [6.45, 7) is 0. The fourth-order valence-electron chi connectivity index (χ4n) is 0.443. The molecule has 9 heavy (non-hydrogen) atoms. The lowest BCUT2D eigenvalue weighted by Gasteiger charge is -1.73. The van der Waals surface area contributed by atoms with Gasteiger partial charge in [-0.1, -0.05) is 11.6 Å². The van der Waals surface area contributed by atoms with E-state index >= 15 is 0 Å². The Bertz CT molecular complexity index is 258. The topological polar surface area (TPSA) is 78.5 Å². The first kappa shape index (κ1) is 5.92. The van der Waals surface area contributed by atoms with Crippen molar-refractivity contribution in [2.75, 3.05) is 5.73 Å². The van der Waals surface area contributed by atoms with Gasteiger partial charge in [-0.2, -0.15) is 5.26 Å². The molecule has 0 radical (unpaired) electrons. The predicted molar refractivity (Wildman–Crippen MR) is 32.7 cm³/mol. The van der Waals surface area contributed by atoms with Crippen molar-refractivity contribution < 1.29 is 0 Å². The number of halogens is 1. The smallest absolute Gasteiger partial charge is 0.199 e. The van der Waals surface area contributed by atoms with Crippen LogP contribution in [0.15, 0.2) is 0 Å². The molecule has 46 valence electrons. The van der Waals surface area contributed by atoms with Gasteiger partial charge in [-0.05, 0) is 0 Å². The van der Waals surface area contributed by atoms with Crippen LogP contribution in [0.3, 0.4) is 0 Å². The maximum atomic E-state index is 8.26. The molecule has 0 aliphatic heterocycles. The predicted octanol–water partition coefficient (Wildman–Crippen LogP) is 0.517. The van der Waals surface area contributed by atoms with E-state index < -0.39 is 0 Å². The van der Waals surface area contributed by atoms with Crippen molar-refractivity contribution in [3.05, 3.63) is 10.8 Å². The highest BCUT2D eigenvalue weighted by atomic mass is 35.5. The number of nitrogens with one attached hydrogen (secondary N) is 1. The van der Waals surface area contributed by atoms with Gasteiger partial charge in [-0.25, -0.2) is 4.98 Å². The van der Waals surface area contributed by atoms with Crippen LogP contribution in [0.1, 0.15) is 5.69 Å². The highest BCUT2D eigenvalue weighted by molar-refractivity contribution is 6.30. The average molecular weight is 143 g/mol. The first-order chi connectivity index (χ1) is 4.24. The number of aromatic nitrogens is 2. The van der Waals surface area contributed by atoms with E-state index in [9.17, 15) is 0 Å². The molecule has 1 aromatic rings. The molecule has 0 atom stereocenters. The molecule has 1 heterocycles. The van der Waals surface area contributed by atoms with E-state index in [1.165, 1.54) is 0 Å². The van der Waals surface area contributed by atoms with Gasteiger partial charge in [0.2, 0.25) is 0 Å². The third-order valence-electron chi connectivity index (χ3n) is 0.784. The van der Waals surface area contributed by atoms with Crippen molar-refractivity contribution >= 4 is 17.5 Å². The standard InChI is InChI=1S/C4H3ClN4/c5-3-2(1-6)8-4(7)9-3/h(H3,7,8,9). The highest BCUT2D eigenvalue weighted by Crippen LogP contribution is 2.11. The van der Waals surface area contributed by atoms with Crippen LogP contribution < -0.4 is 5.73 Å². The Hall–Kier alpha value is -1.21. The minimum Gasteiger partial charge on any atom is -0.369 e. The summed E-state index contributed by atoms with van der Waals surface area (Å²) in [6, 6.07) is 1.76. The summed E-state index contributed by atoms with van der Waals surface area (Å²) in [5.74, 6) is 0.163. The molecule has 0 saturated carbocycles. The molecule has 0 spiro atoms. The Morgan fingerprint density at radius 3 is 2.67 bits per heavy atom. The molecular weight excluding hydrogens is 140 g/mol. The molecule has 1 aromatic heterocycles. The summed E-state index contributed by atoms with van der Waals surface area (Å²) in [6.07, 6.45) is 0. The van der Waals surface area contributed by atoms with Gasteiger partial charge < -0.3 is 10.7 Å². The van der Waals surface area contributed by atoms with Crippen LogP contribution in [-0.4, -0.2) is 9.97 Å². The molecule has 0 aromatic carbocycles. The first-order valence-electron chi connectivity index (χ1n) is 2.15. The lowest BCUT2D eigenvalue weighted by molar-refractivity contribution is 1.31. The minimum absolute atomic E-state index is 0.133. The van der Waals surface area contributed by atoms with Crippen molar-refractivity contribution in [3.63, 3.8) is 0 Å². The molecule has 1 rings (SSSR count). The number of hydrogen-bond donors (Lipinski definition) is 2. The molecule has 0 aliphatic carbocycles. The van der Waals surface area contributed by atoms with Crippen molar-refractivity contribution in [2.24, 2.45) is 0 Å². The van der Waals surface area contributed by atoms with E-state index in [0.29, 0.717) is 0 Å². The highest BCUT2D eigenvalue weighted by Gasteiger charge is 2.02. The van der Waals surface area contributed by atoms with Gasteiger partial charge in [0.05, 0.1) is 0 Å². The summed E-state index contributed by atoms with van der Waals surface area (Å²) in [5.41, 5.74) is 5.29. The Labute approximate surface area is 56.3 Å². The van der Waals surface area contributed by atoms with Crippen LogP contribution in [-0.2, 0) is 0 Å². The SMILES string of the molecule is N#Cc1nc(N)[nH]c1Cl. The molecule has 0 saturated heterocycles. The molecule has 3 N–H and O–H groups in total. The van der Waals surface area contributed by atoms with E-state index in [2.05, 4.69) is 9.97 Å². The maximum Gasteiger partial charge on any atom is 0.199 e. The van der Waals surface area contributed by atoms with Crippen molar-refractivity contribution in [3.8, 4) is 6.07 Å². The van der Waals surface area contributed by atoms with Crippen LogP contribution in [0.2, 0.25) is 5.15 Å². The molecule has 0 unspecified atom stereocenters. The second-order valence-corrected chi connectivity index (χ2v) is 1.77. The molecule has 0 amide bonds. The third kappa shape index (κ3) is 0.952.